The Morgan fingerprint density at radius 3 is 2.94 bits per heavy atom. The van der Waals surface area contributed by atoms with E-state index in [1.165, 1.54) is 6.20 Å². The van der Waals surface area contributed by atoms with E-state index in [4.69, 9.17) is 4.74 Å². The van der Waals surface area contributed by atoms with Crippen LogP contribution in [0.1, 0.15) is 12.5 Å². The fourth-order valence-corrected chi connectivity index (χ4v) is 1.33. The first-order valence-electron chi connectivity index (χ1n) is 5.57. The highest BCUT2D eigenvalue weighted by atomic mass is 16.6. The molecule has 0 aliphatic rings. The first-order valence-corrected chi connectivity index (χ1v) is 5.57. The van der Waals surface area contributed by atoms with E-state index in [-0.39, 0.29) is 5.69 Å². The summed E-state index contributed by atoms with van der Waals surface area (Å²) in [6.07, 6.45) is 1.26. The van der Waals surface area contributed by atoms with Crippen molar-refractivity contribution in [2.45, 2.75) is 13.8 Å². The van der Waals surface area contributed by atoms with Gasteiger partial charge in [-0.15, -0.1) is 0 Å². The fourth-order valence-electron chi connectivity index (χ4n) is 1.33. The number of ether oxygens (including phenoxy) is 1. The standard InChI is InChI=1S/C12H17N3O3/c1-9(2)8-18-5-4-13-12-6-10(3)11(7-14-12)15(16)17/h6-7H,1,4-5,8H2,2-3H3,(H,13,14). The van der Waals surface area contributed by atoms with Gasteiger partial charge in [-0.2, -0.15) is 0 Å². The van der Waals surface area contributed by atoms with Gasteiger partial charge in [0.15, 0.2) is 0 Å². The highest BCUT2D eigenvalue weighted by molar-refractivity contribution is 5.46. The van der Waals surface area contributed by atoms with E-state index in [2.05, 4.69) is 16.9 Å². The molecule has 1 heterocycles. The molecular formula is C12H17N3O3. The molecule has 1 aromatic heterocycles. The maximum atomic E-state index is 10.6. The van der Waals surface area contributed by atoms with Gasteiger partial charge in [0.25, 0.3) is 5.69 Å². The quantitative estimate of drug-likeness (QED) is 0.348. The molecule has 0 bridgehead atoms. The van der Waals surface area contributed by atoms with Crippen LogP contribution < -0.4 is 5.32 Å². The van der Waals surface area contributed by atoms with Crippen molar-refractivity contribution in [2.75, 3.05) is 25.1 Å². The maximum absolute atomic E-state index is 10.6. The molecular weight excluding hydrogens is 234 g/mol. The number of hydrogen-bond donors (Lipinski definition) is 1. The average Bonchev–Trinajstić information content (AvgIpc) is 2.27. The lowest BCUT2D eigenvalue weighted by atomic mass is 10.2. The number of hydrogen-bond acceptors (Lipinski definition) is 5. The number of rotatable bonds is 7. The van der Waals surface area contributed by atoms with E-state index in [1.807, 2.05) is 6.92 Å². The molecule has 0 amide bonds. The highest BCUT2D eigenvalue weighted by Gasteiger charge is 2.10. The topological polar surface area (TPSA) is 77.3 Å². The van der Waals surface area contributed by atoms with Gasteiger partial charge in [-0.1, -0.05) is 12.2 Å². The molecule has 0 spiro atoms. The minimum absolute atomic E-state index is 0.0269. The summed E-state index contributed by atoms with van der Waals surface area (Å²) in [4.78, 5) is 14.1. The number of nitrogens with one attached hydrogen (secondary N) is 1. The lowest BCUT2D eigenvalue weighted by molar-refractivity contribution is -0.385. The van der Waals surface area contributed by atoms with E-state index in [0.29, 0.717) is 31.1 Å². The third-order valence-corrected chi connectivity index (χ3v) is 2.18. The van der Waals surface area contributed by atoms with Crippen LogP contribution in [0.25, 0.3) is 0 Å². The van der Waals surface area contributed by atoms with Crippen LogP contribution in [0.5, 0.6) is 0 Å². The van der Waals surface area contributed by atoms with Gasteiger partial charge >= 0.3 is 0 Å². The third kappa shape index (κ3) is 4.50. The number of anilines is 1. The average molecular weight is 251 g/mol. The lowest BCUT2D eigenvalue weighted by Gasteiger charge is -2.07. The van der Waals surface area contributed by atoms with Gasteiger partial charge in [0, 0.05) is 12.1 Å². The molecule has 0 aromatic carbocycles. The molecule has 6 heteroatoms. The van der Waals surface area contributed by atoms with Crippen molar-refractivity contribution in [3.63, 3.8) is 0 Å². The van der Waals surface area contributed by atoms with Crippen molar-refractivity contribution in [2.24, 2.45) is 0 Å². The predicted octanol–water partition coefficient (Wildman–Crippen LogP) is 2.30. The molecule has 18 heavy (non-hydrogen) atoms. The van der Waals surface area contributed by atoms with Crippen molar-refractivity contribution < 1.29 is 9.66 Å². The molecule has 1 rings (SSSR count). The van der Waals surface area contributed by atoms with Crippen LogP contribution in [0.2, 0.25) is 0 Å². The third-order valence-electron chi connectivity index (χ3n) is 2.18. The van der Waals surface area contributed by atoms with Gasteiger partial charge < -0.3 is 10.1 Å². The van der Waals surface area contributed by atoms with Crippen molar-refractivity contribution in [1.29, 1.82) is 0 Å². The molecule has 0 aliphatic heterocycles. The summed E-state index contributed by atoms with van der Waals surface area (Å²) in [6.45, 7) is 8.97. The smallest absolute Gasteiger partial charge is 0.290 e. The molecule has 1 aromatic rings. The van der Waals surface area contributed by atoms with Gasteiger partial charge in [0.1, 0.15) is 12.0 Å². The minimum atomic E-state index is -0.442. The first-order chi connectivity index (χ1) is 8.50. The zero-order valence-electron chi connectivity index (χ0n) is 10.6. The van der Waals surface area contributed by atoms with Gasteiger partial charge in [-0.3, -0.25) is 10.1 Å². The summed E-state index contributed by atoms with van der Waals surface area (Å²) in [6, 6.07) is 1.65. The Labute approximate surface area is 106 Å². The molecule has 1 N–H and O–H groups in total. The summed E-state index contributed by atoms with van der Waals surface area (Å²) in [5.74, 6) is 0.608. The Morgan fingerprint density at radius 2 is 2.39 bits per heavy atom. The second kappa shape index (κ2) is 6.70. The van der Waals surface area contributed by atoms with Crippen LogP contribution >= 0.6 is 0 Å². The zero-order valence-corrected chi connectivity index (χ0v) is 10.6. The maximum Gasteiger partial charge on any atom is 0.290 e. The number of nitrogens with zero attached hydrogens (tertiary/aromatic N) is 2. The SMILES string of the molecule is C=C(C)COCCNc1cc(C)c([N+](=O)[O-])cn1. The fraction of sp³-hybridized carbons (Fsp3) is 0.417. The van der Waals surface area contributed by atoms with Crippen LogP contribution in [-0.4, -0.2) is 29.7 Å². The van der Waals surface area contributed by atoms with Gasteiger partial charge in [-0.05, 0) is 19.9 Å². The molecule has 0 aliphatic carbocycles. The van der Waals surface area contributed by atoms with Crippen molar-refractivity contribution in [3.05, 3.63) is 40.1 Å². The highest BCUT2D eigenvalue weighted by Crippen LogP contribution is 2.18. The zero-order chi connectivity index (χ0) is 13.5. The van der Waals surface area contributed by atoms with E-state index in [9.17, 15) is 10.1 Å². The Morgan fingerprint density at radius 1 is 1.67 bits per heavy atom. The molecule has 6 nitrogen and oxygen atoms in total. The summed E-state index contributed by atoms with van der Waals surface area (Å²) in [5, 5.41) is 13.6. The molecule has 0 radical (unpaired) electrons. The molecule has 0 fully saturated rings. The Bertz CT molecular complexity index is 446. The van der Waals surface area contributed by atoms with Crippen LogP contribution in [-0.2, 0) is 4.74 Å². The summed E-state index contributed by atoms with van der Waals surface area (Å²) >= 11 is 0. The molecule has 98 valence electrons. The largest absolute Gasteiger partial charge is 0.375 e. The molecule has 0 unspecified atom stereocenters. The van der Waals surface area contributed by atoms with Crippen LogP contribution in [0, 0.1) is 17.0 Å². The van der Waals surface area contributed by atoms with E-state index in [1.54, 1.807) is 13.0 Å². The summed E-state index contributed by atoms with van der Waals surface area (Å²) in [7, 11) is 0. The molecule has 0 saturated carbocycles. The second-order valence-corrected chi connectivity index (χ2v) is 4.05. The van der Waals surface area contributed by atoms with Crippen LogP contribution in [0.3, 0.4) is 0 Å². The van der Waals surface area contributed by atoms with Crippen LogP contribution in [0.15, 0.2) is 24.4 Å². The van der Waals surface area contributed by atoms with E-state index in [0.717, 1.165) is 5.57 Å². The number of nitro groups is 1. The van der Waals surface area contributed by atoms with Gasteiger partial charge in [-0.25, -0.2) is 4.98 Å². The first kappa shape index (κ1) is 14.1. The van der Waals surface area contributed by atoms with E-state index >= 15 is 0 Å². The number of aromatic nitrogens is 1. The van der Waals surface area contributed by atoms with Crippen molar-refractivity contribution >= 4 is 11.5 Å². The molecule has 0 saturated heterocycles. The minimum Gasteiger partial charge on any atom is -0.375 e. The lowest BCUT2D eigenvalue weighted by Crippen LogP contribution is -2.11. The monoisotopic (exact) mass is 251 g/mol. The Kier molecular flexibility index (Phi) is 5.26. The predicted molar refractivity (Wildman–Crippen MR) is 69.8 cm³/mol. The number of pyridine rings is 1. The molecule has 0 atom stereocenters. The second-order valence-electron chi connectivity index (χ2n) is 4.05. The Balaban J connectivity index is 2.42. The van der Waals surface area contributed by atoms with Crippen molar-refractivity contribution in [3.8, 4) is 0 Å². The van der Waals surface area contributed by atoms with Crippen LogP contribution in [0.4, 0.5) is 11.5 Å². The number of aryl methyl sites for hydroxylation is 1. The van der Waals surface area contributed by atoms with E-state index < -0.39 is 4.92 Å². The summed E-state index contributed by atoms with van der Waals surface area (Å²) in [5.41, 5.74) is 1.58. The van der Waals surface area contributed by atoms with Crippen molar-refractivity contribution in [1.82, 2.24) is 4.98 Å². The van der Waals surface area contributed by atoms with Gasteiger partial charge in [0.05, 0.1) is 18.1 Å². The van der Waals surface area contributed by atoms with Gasteiger partial charge in [0.2, 0.25) is 0 Å². The summed E-state index contributed by atoms with van der Waals surface area (Å²) < 4.78 is 5.31. The Hall–Kier alpha value is -1.95. The normalized spacial score (nSPS) is 10.1.